The highest BCUT2D eigenvalue weighted by Gasteiger charge is 2.21. The first-order chi connectivity index (χ1) is 23.8. The van der Waals surface area contributed by atoms with Gasteiger partial charge in [-0.05, 0) is 123 Å². The third-order valence-corrected chi connectivity index (χ3v) is 10.2. The fraction of sp³-hybridized carbons (Fsp3) is 0. The molecule has 10 rings (SSSR count). The van der Waals surface area contributed by atoms with Crippen LogP contribution in [0.25, 0.3) is 98.4 Å². The molecule has 0 aliphatic carbocycles. The monoisotopic (exact) mass is 606 g/mol. The molecule has 0 aromatic heterocycles. The molecule has 0 saturated heterocycles. The number of rotatable bonds is 4. The average Bonchev–Trinajstić information content (AvgIpc) is 3.16. The predicted molar refractivity (Wildman–Crippen MR) is 207 cm³/mol. The molecule has 0 radical (unpaired) electrons. The number of fused-ring (bicyclic) bond motifs is 2. The van der Waals surface area contributed by atoms with Crippen LogP contribution in [0, 0.1) is 0 Å². The molecular weight excluding hydrogens is 577 g/mol. The summed E-state index contributed by atoms with van der Waals surface area (Å²) in [5.74, 6) is 0. The van der Waals surface area contributed by atoms with Crippen molar-refractivity contribution in [2.45, 2.75) is 0 Å². The van der Waals surface area contributed by atoms with Gasteiger partial charge in [-0.2, -0.15) is 0 Å². The van der Waals surface area contributed by atoms with Crippen molar-refractivity contribution >= 4 is 53.9 Å². The topological polar surface area (TPSA) is 0 Å². The summed E-state index contributed by atoms with van der Waals surface area (Å²) in [5.41, 5.74) is 10.1. The highest BCUT2D eigenvalue weighted by molar-refractivity contribution is 6.30. The Hall–Kier alpha value is -6.24. The van der Waals surface area contributed by atoms with Gasteiger partial charge in [-0.25, -0.2) is 0 Å². The maximum atomic E-state index is 2.45. The minimum absolute atomic E-state index is 1.23. The molecular formula is C48H30. The van der Waals surface area contributed by atoms with Gasteiger partial charge < -0.3 is 0 Å². The van der Waals surface area contributed by atoms with Gasteiger partial charge in [-0.1, -0.05) is 158 Å². The van der Waals surface area contributed by atoms with Crippen LogP contribution in [0.3, 0.4) is 0 Å². The Morgan fingerprint density at radius 1 is 0.229 bits per heavy atom. The van der Waals surface area contributed by atoms with Crippen molar-refractivity contribution in [1.29, 1.82) is 0 Å². The minimum atomic E-state index is 1.23. The van der Waals surface area contributed by atoms with E-state index in [0.29, 0.717) is 0 Å². The second kappa shape index (κ2) is 10.7. The lowest BCUT2D eigenvalue weighted by atomic mass is 9.82. The zero-order valence-corrected chi connectivity index (χ0v) is 26.3. The molecule has 0 spiro atoms. The molecule has 0 bridgehead atoms. The highest BCUT2D eigenvalue weighted by atomic mass is 14.2. The van der Waals surface area contributed by atoms with Gasteiger partial charge in [-0.3, -0.25) is 0 Å². The van der Waals surface area contributed by atoms with Gasteiger partial charge in [0.1, 0.15) is 0 Å². The van der Waals surface area contributed by atoms with Crippen molar-refractivity contribution in [3.63, 3.8) is 0 Å². The van der Waals surface area contributed by atoms with E-state index in [4.69, 9.17) is 0 Å². The molecule has 0 unspecified atom stereocenters. The normalized spacial score (nSPS) is 11.8. The molecule has 10 aromatic rings. The van der Waals surface area contributed by atoms with Gasteiger partial charge >= 0.3 is 0 Å². The van der Waals surface area contributed by atoms with Crippen molar-refractivity contribution in [3.05, 3.63) is 182 Å². The third kappa shape index (κ3) is 4.10. The molecule has 0 aliphatic rings. The fourth-order valence-corrected chi connectivity index (χ4v) is 8.02. The van der Waals surface area contributed by atoms with Crippen LogP contribution in [-0.2, 0) is 0 Å². The summed E-state index contributed by atoms with van der Waals surface area (Å²) < 4.78 is 0. The third-order valence-electron chi connectivity index (χ3n) is 10.2. The molecule has 0 atom stereocenters. The Labute approximate surface area is 279 Å². The first kappa shape index (κ1) is 26.9. The van der Waals surface area contributed by atoms with E-state index >= 15 is 0 Å². The summed E-state index contributed by atoms with van der Waals surface area (Å²) in [7, 11) is 0. The van der Waals surface area contributed by atoms with Gasteiger partial charge in [0.15, 0.2) is 0 Å². The quantitative estimate of drug-likeness (QED) is 0.175. The molecule has 48 heavy (non-hydrogen) atoms. The van der Waals surface area contributed by atoms with Gasteiger partial charge in [0, 0.05) is 0 Å². The lowest BCUT2D eigenvalue weighted by molar-refractivity contribution is 1.62. The summed E-state index contributed by atoms with van der Waals surface area (Å²) in [6.07, 6.45) is 0. The molecule has 0 heteroatoms. The maximum absolute atomic E-state index is 2.45. The number of hydrogen-bond donors (Lipinski definition) is 0. The van der Waals surface area contributed by atoms with Gasteiger partial charge in [0.05, 0.1) is 0 Å². The van der Waals surface area contributed by atoms with Crippen LogP contribution in [0.4, 0.5) is 0 Å². The summed E-state index contributed by atoms with van der Waals surface area (Å²) in [6, 6.07) is 67.1. The van der Waals surface area contributed by atoms with Crippen molar-refractivity contribution in [2.24, 2.45) is 0 Å². The predicted octanol–water partition coefficient (Wildman–Crippen LogP) is 13.6. The largest absolute Gasteiger partial charge is 0.0622 e. The fourth-order valence-electron chi connectivity index (χ4n) is 8.02. The lowest BCUT2D eigenvalue weighted by Crippen LogP contribution is -1.94. The molecule has 0 amide bonds. The summed E-state index contributed by atoms with van der Waals surface area (Å²) in [6.45, 7) is 0. The maximum Gasteiger partial charge on any atom is -0.00201 e. The average molecular weight is 607 g/mol. The van der Waals surface area contributed by atoms with Crippen molar-refractivity contribution < 1.29 is 0 Å². The van der Waals surface area contributed by atoms with Crippen LogP contribution in [0.5, 0.6) is 0 Å². The van der Waals surface area contributed by atoms with E-state index in [1.807, 2.05) is 0 Å². The van der Waals surface area contributed by atoms with Crippen LogP contribution in [0.1, 0.15) is 0 Å². The van der Waals surface area contributed by atoms with Crippen molar-refractivity contribution in [1.82, 2.24) is 0 Å². The molecule has 10 aromatic carbocycles. The zero-order valence-electron chi connectivity index (χ0n) is 26.3. The van der Waals surface area contributed by atoms with E-state index in [0.717, 1.165) is 0 Å². The van der Waals surface area contributed by atoms with Gasteiger partial charge in [0.25, 0.3) is 0 Å². The zero-order chi connectivity index (χ0) is 31.6. The Balaban J connectivity index is 1.32. The second-order valence-electron chi connectivity index (χ2n) is 12.8. The Bertz CT molecular complexity index is 2810. The first-order valence-electron chi connectivity index (χ1n) is 16.7. The van der Waals surface area contributed by atoms with Crippen LogP contribution < -0.4 is 0 Å². The molecule has 0 heterocycles. The molecule has 222 valence electrons. The van der Waals surface area contributed by atoms with E-state index in [9.17, 15) is 0 Å². The van der Waals surface area contributed by atoms with Gasteiger partial charge in [0.2, 0.25) is 0 Å². The number of hydrogen-bond acceptors (Lipinski definition) is 0. The minimum Gasteiger partial charge on any atom is -0.0622 e. The lowest BCUT2D eigenvalue weighted by Gasteiger charge is -2.21. The molecule has 0 N–H and O–H groups in total. The Kier molecular flexibility index (Phi) is 5.98. The van der Waals surface area contributed by atoms with E-state index in [1.54, 1.807) is 0 Å². The van der Waals surface area contributed by atoms with Gasteiger partial charge in [-0.15, -0.1) is 0 Å². The summed E-state index contributed by atoms with van der Waals surface area (Å²) in [4.78, 5) is 0. The van der Waals surface area contributed by atoms with Crippen LogP contribution in [0.2, 0.25) is 0 Å². The Morgan fingerprint density at radius 2 is 0.688 bits per heavy atom. The second-order valence-corrected chi connectivity index (χ2v) is 12.8. The summed E-state index contributed by atoms with van der Waals surface area (Å²) in [5, 5.41) is 12.8. The smallest absolute Gasteiger partial charge is 0.00201 e. The van der Waals surface area contributed by atoms with Crippen molar-refractivity contribution in [3.8, 4) is 44.5 Å². The Morgan fingerprint density at radius 3 is 1.35 bits per heavy atom. The van der Waals surface area contributed by atoms with E-state index in [-0.39, 0.29) is 0 Å². The number of benzene rings is 10. The van der Waals surface area contributed by atoms with Crippen molar-refractivity contribution in [2.75, 3.05) is 0 Å². The molecule has 0 aliphatic heterocycles. The molecule has 0 saturated carbocycles. The highest BCUT2D eigenvalue weighted by Crippen LogP contribution is 2.48. The van der Waals surface area contributed by atoms with E-state index < -0.39 is 0 Å². The first-order valence-corrected chi connectivity index (χ1v) is 16.7. The summed E-state index contributed by atoms with van der Waals surface area (Å²) >= 11 is 0. The van der Waals surface area contributed by atoms with Crippen LogP contribution >= 0.6 is 0 Å². The van der Waals surface area contributed by atoms with E-state index in [2.05, 4.69) is 182 Å². The SMILES string of the molecule is c1ccc(-c2cc3ccccc3cc2-c2cc3cccc4c(-c5c(-c6ccccc6)ccc6ccccc56)cc5cccc2c5c34)cc1. The van der Waals surface area contributed by atoms with Crippen LogP contribution in [-0.4, -0.2) is 0 Å². The standard InChI is InChI=1S/C48H30/c1-3-13-31(14-4-1)39-26-25-33-17-9-10-22-38(33)48(39)45-30-37-21-11-23-40-43(29-36-20-12-24-41(45)47(36)46(37)40)44-28-35-19-8-7-18-34(35)27-42(44)32-15-5-2-6-16-32/h1-30H. The molecule has 0 fully saturated rings. The van der Waals surface area contributed by atoms with Crippen LogP contribution in [0.15, 0.2) is 182 Å². The van der Waals surface area contributed by atoms with E-state index in [1.165, 1.54) is 98.4 Å². The molecule has 0 nitrogen and oxygen atoms in total.